The van der Waals surface area contributed by atoms with E-state index in [1.165, 1.54) is 4.90 Å². The number of hydrogen-bond acceptors (Lipinski definition) is 5. The highest BCUT2D eigenvalue weighted by Crippen LogP contribution is 2.33. The Morgan fingerprint density at radius 3 is 2.00 bits per heavy atom. The summed E-state index contributed by atoms with van der Waals surface area (Å²) in [6.45, 7) is 16.6. The largest absolute Gasteiger partial charge is 0.444 e. The van der Waals surface area contributed by atoms with Crippen molar-refractivity contribution in [2.45, 2.75) is 97.5 Å². The quantitative estimate of drug-likeness (QED) is 0.361. The Labute approximate surface area is 216 Å². The summed E-state index contributed by atoms with van der Waals surface area (Å²) < 4.78 is 5.34. The Morgan fingerprint density at radius 1 is 1.06 bits per heavy atom. The fourth-order valence-corrected chi connectivity index (χ4v) is 3.61. The summed E-state index contributed by atoms with van der Waals surface area (Å²) in [4.78, 5) is 41.7. The highest BCUT2D eigenvalue weighted by atomic mass is 32.1. The molecule has 0 fully saturated rings. The number of rotatable bonds is 8. The van der Waals surface area contributed by atoms with Gasteiger partial charge in [-0.05, 0) is 79.5 Å². The highest BCUT2D eigenvalue weighted by Gasteiger charge is 2.43. The Kier molecular flexibility index (Phi) is 10.3. The molecule has 3 amide bonds. The van der Waals surface area contributed by atoms with Gasteiger partial charge in [0.1, 0.15) is 17.7 Å². The van der Waals surface area contributed by atoms with Crippen molar-refractivity contribution in [1.82, 2.24) is 15.5 Å². The van der Waals surface area contributed by atoms with Crippen molar-refractivity contribution in [3.05, 3.63) is 35.4 Å². The van der Waals surface area contributed by atoms with E-state index in [4.69, 9.17) is 11.2 Å². The second-order valence-electron chi connectivity index (χ2n) is 11.2. The molecule has 0 bridgehead atoms. The van der Waals surface area contributed by atoms with Crippen LogP contribution in [0.3, 0.4) is 0 Å². The first-order chi connectivity index (χ1) is 16.0. The number of ether oxygens (including phenoxy) is 1. The highest BCUT2D eigenvalue weighted by molar-refractivity contribution is 7.80. The van der Waals surface area contributed by atoms with Crippen molar-refractivity contribution in [3.63, 3.8) is 0 Å². The molecule has 0 aromatic heterocycles. The molecule has 194 valence electrons. The average Bonchev–Trinajstić information content (AvgIpc) is 2.72. The molecule has 2 atom stereocenters. The standard InChI is InChI=1S/C27H41N3O4S/c1-11-18-13-15-19(16-14-18)21(22(31)29-25(3,4)5)30(27(9,10)12-2)23(32)20(17-35)28-24(33)34-26(6,7)8/h1,13-16,20-21,35H,12,17H2,2-10H3,(H,28,33)(H,29,31). The number of terminal acetylenes is 1. The maximum Gasteiger partial charge on any atom is 0.408 e. The van der Waals surface area contributed by atoms with Gasteiger partial charge in [-0.15, -0.1) is 6.42 Å². The molecule has 0 radical (unpaired) electrons. The van der Waals surface area contributed by atoms with Gasteiger partial charge in [0.25, 0.3) is 0 Å². The predicted octanol–water partition coefficient (Wildman–Crippen LogP) is 4.46. The van der Waals surface area contributed by atoms with Crippen molar-refractivity contribution in [2.75, 3.05) is 5.75 Å². The third kappa shape index (κ3) is 9.14. The molecule has 1 aromatic rings. The fourth-order valence-electron chi connectivity index (χ4n) is 3.37. The van der Waals surface area contributed by atoms with Crippen molar-refractivity contribution < 1.29 is 19.1 Å². The van der Waals surface area contributed by atoms with E-state index >= 15 is 0 Å². The van der Waals surface area contributed by atoms with Gasteiger partial charge in [0, 0.05) is 22.4 Å². The van der Waals surface area contributed by atoms with Crippen LogP contribution in [0.25, 0.3) is 0 Å². The van der Waals surface area contributed by atoms with Crippen LogP contribution >= 0.6 is 12.6 Å². The van der Waals surface area contributed by atoms with Crippen LogP contribution in [0, 0.1) is 12.3 Å². The van der Waals surface area contributed by atoms with Crippen molar-refractivity contribution in [3.8, 4) is 12.3 Å². The molecule has 0 saturated heterocycles. The van der Waals surface area contributed by atoms with Crippen LogP contribution < -0.4 is 10.6 Å². The lowest BCUT2D eigenvalue weighted by atomic mass is 9.91. The fraction of sp³-hybridized carbons (Fsp3) is 0.593. The lowest BCUT2D eigenvalue weighted by Gasteiger charge is -2.45. The van der Waals surface area contributed by atoms with E-state index in [-0.39, 0.29) is 11.7 Å². The van der Waals surface area contributed by atoms with Crippen molar-refractivity contribution in [1.29, 1.82) is 0 Å². The van der Waals surface area contributed by atoms with Gasteiger partial charge >= 0.3 is 6.09 Å². The Balaban J connectivity index is 3.60. The molecule has 0 saturated carbocycles. The number of nitrogens with zero attached hydrogens (tertiary/aromatic N) is 1. The summed E-state index contributed by atoms with van der Waals surface area (Å²) in [6, 6.07) is 5.02. The molecule has 1 aromatic carbocycles. The molecule has 1 rings (SSSR count). The topological polar surface area (TPSA) is 87.7 Å². The Bertz CT molecular complexity index is 937. The minimum atomic E-state index is -1.01. The van der Waals surface area contributed by atoms with E-state index in [2.05, 4.69) is 29.2 Å². The van der Waals surface area contributed by atoms with E-state index in [0.29, 0.717) is 17.5 Å². The second kappa shape index (κ2) is 11.9. The zero-order valence-corrected chi connectivity index (χ0v) is 23.4. The number of benzene rings is 1. The van der Waals surface area contributed by atoms with Crippen LogP contribution in [0.5, 0.6) is 0 Å². The summed E-state index contributed by atoms with van der Waals surface area (Å²) in [5.41, 5.74) is -0.730. The summed E-state index contributed by atoms with van der Waals surface area (Å²) in [5, 5.41) is 5.63. The number of nitrogens with one attached hydrogen (secondary N) is 2. The van der Waals surface area contributed by atoms with E-state index in [1.807, 2.05) is 41.5 Å². The summed E-state index contributed by atoms with van der Waals surface area (Å²) in [7, 11) is 0. The first-order valence-electron chi connectivity index (χ1n) is 11.8. The van der Waals surface area contributed by atoms with E-state index in [9.17, 15) is 14.4 Å². The van der Waals surface area contributed by atoms with Crippen LogP contribution in [0.4, 0.5) is 4.79 Å². The molecule has 2 N–H and O–H groups in total. The monoisotopic (exact) mass is 503 g/mol. The molecule has 8 heteroatoms. The Morgan fingerprint density at radius 2 is 1.60 bits per heavy atom. The SMILES string of the molecule is C#Cc1ccc(C(C(=O)NC(C)(C)C)N(C(=O)C(CS)NC(=O)OC(C)(C)C)C(C)(C)CC)cc1. The minimum Gasteiger partial charge on any atom is -0.444 e. The molecule has 0 spiro atoms. The van der Waals surface area contributed by atoms with E-state index in [0.717, 1.165) is 0 Å². The van der Waals surface area contributed by atoms with Gasteiger partial charge in [-0.3, -0.25) is 9.59 Å². The number of hydrogen-bond donors (Lipinski definition) is 3. The second-order valence-corrected chi connectivity index (χ2v) is 11.5. The zero-order valence-electron chi connectivity index (χ0n) is 22.5. The summed E-state index contributed by atoms with van der Waals surface area (Å²) in [5.74, 6) is 1.82. The number of alkyl carbamates (subject to hydrolysis) is 1. The molecule has 35 heavy (non-hydrogen) atoms. The van der Waals surface area contributed by atoms with Gasteiger partial charge < -0.3 is 20.3 Å². The van der Waals surface area contributed by atoms with Crippen LogP contribution in [0.1, 0.15) is 85.9 Å². The number of amides is 3. The molecule has 0 aliphatic carbocycles. The average molecular weight is 504 g/mol. The molecule has 2 unspecified atom stereocenters. The van der Waals surface area contributed by atoms with E-state index in [1.54, 1.807) is 45.0 Å². The Hall–Kier alpha value is -2.66. The van der Waals surface area contributed by atoms with Gasteiger partial charge in [0.2, 0.25) is 11.8 Å². The van der Waals surface area contributed by atoms with Gasteiger partial charge in [0.05, 0.1) is 0 Å². The molecular weight excluding hydrogens is 462 g/mol. The maximum atomic E-state index is 14.0. The molecular formula is C27H41N3O4S. The van der Waals surface area contributed by atoms with Gasteiger partial charge in [-0.25, -0.2) is 4.79 Å². The smallest absolute Gasteiger partial charge is 0.408 e. The number of carbonyl (C=O) groups excluding carboxylic acids is 3. The van der Waals surface area contributed by atoms with E-state index < -0.39 is 40.8 Å². The third-order valence-electron chi connectivity index (χ3n) is 5.32. The third-order valence-corrected chi connectivity index (χ3v) is 5.69. The van der Waals surface area contributed by atoms with Crippen LogP contribution in [0.15, 0.2) is 24.3 Å². The molecule has 7 nitrogen and oxygen atoms in total. The molecule has 0 aliphatic heterocycles. The van der Waals surface area contributed by atoms with Crippen LogP contribution in [-0.2, 0) is 14.3 Å². The maximum absolute atomic E-state index is 14.0. The number of carbonyl (C=O) groups is 3. The first-order valence-corrected chi connectivity index (χ1v) is 12.4. The molecule has 0 heterocycles. The lowest BCUT2D eigenvalue weighted by molar-refractivity contribution is -0.149. The predicted molar refractivity (Wildman–Crippen MR) is 143 cm³/mol. The van der Waals surface area contributed by atoms with Gasteiger partial charge in [-0.2, -0.15) is 12.6 Å². The normalized spacial score (nSPS) is 13.7. The molecule has 0 aliphatic rings. The summed E-state index contributed by atoms with van der Waals surface area (Å²) >= 11 is 4.32. The zero-order chi connectivity index (χ0) is 27.2. The number of thiol groups is 1. The minimum absolute atomic E-state index is 0.0258. The van der Waals surface area contributed by atoms with Crippen LogP contribution in [-0.4, -0.2) is 51.3 Å². The van der Waals surface area contributed by atoms with Gasteiger partial charge in [0.15, 0.2) is 0 Å². The lowest BCUT2D eigenvalue weighted by Crippen LogP contribution is -2.60. The summed E-state index contributed by atoms with van der Waals surface area (Å²) in [6.07, 6.45) is 5.34. The van der Waals surface area contributed by atoms with Crippen molar-refractivity contribution in [2.24, 2.45) is 0 Å². The van der Waals surface area contributed by atoms with Crippen molar-refractivity contribution >= 4 is 30.5 Å². The van der Waals surface area contributed by atoms with Gasteiger partial charge in [-0.1, -0.05) is 25.0 Å². The first kappa shape index (κ1) is 30.4. The van der Waals surface area contributed by atoms with Crippen LogP contribution in [0.2, 0.25) is 0 Å².